The van der Waals surface area contributed by atoms with Crippen LogP contribution in [-0.4, -0.2) is 37.0 Å². The minimum atomic E-state index is -0.421. The van der Waals surface area contributed by atoms with Crippen molar-refractivity contribution in [3.8, 4) is 0 Å². The molecule has 0 spiro atoms. The molecule has 18 heavy (non-hydrogen) atoms. The molecule has 1 amide bonds. The van der Waals surface area contributed by atoms with Gasteiger partial charge in [-0.15, -0.1) is 0 Å². The molecular weight excluding hydrogens is 299 g/mol. The zero-order chi connectivity index (χ0) is 13.9. The van der Waals surface area contributed by atoms with Crippen molar-refractivity contribution in [1.29, 1.82) is 0 Å². The smallest absolute Gasteiger partial charge is 0.252 e. The highest BCUT2D eigenvalue weighted by Gasteiger charge is 2.22. The fourth-order valence-electron chi connectivity index (χ4n) is 1.22. The van der Waals surface area contributed by atoms with E-state index in [0.717, 1.165) is 0 Å². The maximum Gasteiger partial charge on any atom is 0.252 e. The fraction of sp³-hybridized carbons (Fsp3) is 0.462. The van der Waals surface area contributed by atoms with Gasteiger partial charge in [0.1, 0.15) is 5.82 Å². The van der Waals surface area contributed by atoms with Crippen LogP contribution in [0.15, 0.2) is 22.7 Å². The standard InChI is InChI=1S/C13H18BrFN2O/c1-13(2,17(3)4)8-16-12(18)10-7-9(15)5-6-11(10)14/h5-7H,8H2,1-4H3,(H,16,18). The second kappa shape index (κ2) is 5.80. The molecule has 1 N–H and O–H groups in total. The van der Waals surface area contributed by atoms with Gasteiger partial charge in [-0.1, -0.05) is 0 Å². The Hall–Kier alpha value is -0.940. The molecule has 0 saturated carbocycles. The summed E-state index contributed by atoms with van der Waals surface area (Å²) in [4.78, 5) is 14.0. The molecule has 1 rings (SSSR count). The van der Waals surface area contributed by atoms with E-state index in [-0.39, 0.29) is 11.4 Å². The van der Waals surface area contributed by atoms with Gasteiger partial charge in [-0.25, -0.2) is 4.39 Å². The first-order valence-electron chi connectivity index (χ1n) is 5.65. The van der Waals surface area contributed by atoms with Crippen LogP contribution in [0.4, 0.5) is 4.39 Å². The average Bonchev–Trinajstić information content (AvgIpc) is 2.29. The van der Waals surface area contributed by atoms with Gasteiger partial charge in [0.2, 0.25) is 0 Å². The van der Waals surface area contributed by atoms with Crippen LogP contribution in [0.25, 0.3) is 0 Å². The van der Waals surface area contributed by atoms with E-state index >= 15 is 0 Å². The molecule has 1 aromatic rings. The van der Waals surface area contributed by atoms with E-state index in [1.165, 1.54) is 18.2 Å². The predicted octanol–water partition coefficient (Wildman–Crippen LogP) is 2.66. The third kappa shape index (κ3) is 3.78. The van der Waals surface area contributed by atoms with Crippen molar-refractivity contribution in [3.05, 3.63) is 34.1 Å². The van der Waals surface area contributed by atoms with Crippen LogP contribution in [0.5, 0.6) is 0 Å². The number of halogens is 2. The third-order valence-electron chi connectivity index (χ3n) is 3.07. The van der Waals surface area contributed by atoms with Crippen LogP contribution in [0, 0.1) is 5.82 Å². The lowest BCUT2D eigenvalue weighted by Gasteiger charge is -2.32. The van der Waals surface area contributed by atoms with Crippen LogP contribution in [-0.2, 0) is 0 Å². The Morgan fingerprint density at radius 1 is 1.44 bits per heavy atom. The normalized spacial score (nSPS) is 11.7. The first-order valence-corrected chi connectivity index (χ1v) is 6.44. The second-order valence-electron chi connectivity index (χ2n) is 5.01. The zero-order valence-electron chi connectivity index (χ0n) is 11.1. The molecule has 0 radical (unpaired) electrons. The molecule has 0 aliphatic carbocycles. The number of hydrogen-bond donors (Lipinski definition) is 1. The quantitative estimate of drug-likeness (QED) is 0.926. The molecule has 100 valence electrons. The van der Waals surface area contributed by atoms with E-state index in [4.69, 9.17) is 0 Å². The fourth-order valence-corrected chi connectivity index (χ4v) is 1.65. The maximum absolute atomic E-state index is 13.1. The third-order valence-corrected chi connectivity index (χ3v) is 3.76. The van der Waals surface area contributed by atoms with Crippen molar-refractivity contribution in [1.82, 2.24) is 10.2 Å². The minimum Gasteiger partial charge on any atom is -0.350 e. The molecule has 0 saturated heterocycles. The van der Waals surface area contributed by atoms with Crippen molar-refractivity contribution in [2.45, 2.75) is 19.4 Å². The summed E-state index contributed by atoms with van der Waals surface area (Å²) in [5.74, 6) is -0.702. The average molecular weight is 317 g/mol. The molecule has 0 unspecified atom stereocenters. The highest BCUT2D eigenvalue weighted by Crippen LogP contribution is 2.18. The number of rotatable bonds is 4. The number of benzene rings is 1. The topological polar surface area (TPSA) is 32.3 Å². The lowest BCUT2D eigenvalue weighted by molar-refractivity contribution is 0.0918. The summed E-state index contributed by atoms with van der Waals surface area (Å²) in [7, 11) is 3.90. The molecule has 0 aliphatic heterocycles. The van der Waals surface area contributed by atoms with Gasteiger partial charge in [0.05, 0.1) is 5.56 Å². The minimum absolute atomic E-state index is 0.157. The summed E-state index contributed by atoms with van der Waals surface area (Å²) in [6, 6.07) is 4.06. The second-order valence-corrected chi connectivity index (χ2v) is 5.87. The number of amides is 1. The highest BCUT2D eigenvalue weighted by atomic mass is 79.9. The van der Waals surface area contributed by atoms with Crippen molar-refractivity contribution < 1.29 is 9.18 Å². The van der Waals surface area contributed by atoms with Crippen molar-refractivity contribution >= 4 is 21.8 Å². The van der Waals surface area contributed by atoms with E-state index in [0.29, 0.717) is 16.6 Å². The zero-order valence-corrected chi connectivity index (χ0v) is 12.6. The van der Waals surface area contributed by atoms with Gasteiger partial charge in [-0.2, -0.15) is 0 Å². The lowest BCUT2D eigenvalue weighted by Crippen LogP contribution is -2.48. The molecule has 0 aliphatic rings. The molecule has 5 heteroatoms. The number of carbonyl (C=O) groups is 1. The number of nitrogens with zero attached hydrogens (tertiary/aromatic N) is 1. The molecule has 0 atom stereocenters. The van der Waals surface area contributed by atoms with Gasteiger partial charge in [-0.05, 0) is 62.1 Å². The van der Waals surface area contributed by atoms with Gasteiger partial charge in [0, 0.05) is 16.6 Å². The van der Waals surface area contributed by atoms with Crippen molar-refractivity contribution in [2.24, 2.45) is 0 Å². The lowest BCUT2D eigenvalue weighted by atomic mass is 10.0. The monoisotopic (exact) mass is 316 g/mol. The number of hydrogen-bond acceptors (Lipinski definition) is 2. The van der Waals surface area contributed by atoms with Gasteiger partial charge in [0.25, 0.3) is 5.91 Å². The molecule has 0 bridgehead atoms. The van der Waals surface area contributed by atoms with Gasteiger partial charge < -0.3 is 10.2 Å². The first kappa shape index (κ1) is 15.1. The summed E-state index contributed by atoms with van der Waals surface area (Å²) < 4.78 is 13.7. The van der Waals surface area contributed by atoms with Crippen molar-refractivity contribution in [3.63, 3.8) is 0 Å². The van der Waals surface area contributed by atoms with Gasteiger partial charge in [-0.3, -0.25) is 4.79 Å². The Morgan fingerprint density at radius 3 is 2.61 bits per heavy atom. The van der Waals surface area contributed by atoms with E-state index in [1.807, 2.05) is 32.8 Å². The number of carbonyl (C=O) groups excluding carboxylic acids is 1. The molecule has 3 nitrogen and oxygen atoms in total. The van der Waals surface area contributed by atoms with Gasteiger partial charge in [0.15, 0.2) is 0 Å². The van der Waals surface area contributed by atoms with Crippen LogP contribution in [0.1, 0.15) is 24.2 Å². The Morgan fingerprint density at radius 2 is 2.06 bits per heavy atom. The van der Waals surface area contributed by atoms with Crippen LogP contribution in [0.2, 0.25) is 0 Å². The predicted molar refractivity (Wildman–Crippen MR) is 74.2 cm³/mol. The van der Waals surface area contributed by atoms with E-state index in [9.17, 15) is 9.18 Å². The van der Waals surface area contributed by atoms with E-state index in [2.05, 4.69) is 21.2 Å². The maximum atomic E-state index is 13.1. The Bertz CT molecular complexity index is 447. The van der Waals surface area contributed by atoms with Crippen molar-refractivity contribution in [2.75, 3.05) is 20.6 Å². The highest BCUT2D eigenvalue weighted by molar-refractivity contribution is 9.10. The van der Waals surface area contributed by atoms with Gasteiger partial charge >= 0.3 is 0 Å². The summed E-state index contributed by atoms with van der Waals surface area (Å²) in [5.41, 5.74) is 0.152. The summed E-state index contributed by atoms with van der Waals surface area (Å²) in [6.07, 6.45) is 0. The SMILES string of the molecule is CN(C)C(C)(C)CNC(=O)c1cc(F)ccc1Br. The summed E-state index contributed by atoms with van der Waals surface area (Å²) >= 11 is 3.24. The number of likely N-dealkylation sites (N-methyl/N-ethyl adjacent to an activating group) is 1. The van der Waals surface area contributed by atoms with Crippen LogP contribution in [0.3, 0.4) is 0 Å². The Labute approximate surface area is 115 Å². The molecule has 0 heterocycles. The Balaban J connectivity index is 2.75. The van der Waals surface area contributed by atoms with Crippen LogP contribution < -0.4 is 5.32 Å². The summed E-state index contributed by atoms with van der Waals surface area (Å²) in [6.45, 7) is 4.53. The Kier molecular flexibility index (Phi) is 4.87. The van der Waals surface area contributed by atoms with E-state index < -0.39 is 5.82 Å². The number of nitrogens with one attached hydrogen (secondary N) is 1. The largest absolute Gasteiger partial charge is 0.350 e. The molecular formula is C13H18BrFN2O. The summed E-state index contributed by atoms with van der Waals surface area (Å²) in [5, 5.41) is 2.81. The van der Waals surface area contributed by atoms with Crippen LogP contribution >= 0.6 is 15.9 Å². The molecule has 0 aromatic heterocycles. The molecule has 0 fully saturated rings. The molecule has 1 aromatic carbocycles. The van der Waals surface area contributed by atoms with E-state index in [1.54, 1.807) is 0 Å². The first-order chi connectivity index (χ1) is 8.24.